The molecular formula is C25H25N3OS. The summed E-state index contributed by atoms with van der Waals surface area (Å²) in [7, 11) is 0. The van der Waals surface area contributed by atoms with Gasteiger partial charge in [-0.25, -0.2) is 0 Å². The van der Waals surface area contributed by atoms with Crippen molar-refractivity contribution in [1.29, 1.82) is 0 Å². The molecule has 0 aliphatic heterocycles. The zero-order valence-corrected chi connectivity index (χ0v) is 18.3. The number of benzene rings is 3. The Morgan fingerprint density at radius 2 is 1.63 bits per heavy atom. The van der Waals surface area contributed by atoms with Gasteiger partial charge in [-0.3, -0.25) is 4.57 Å². The van der Waals surface area contributed by atoms with Crippen molar-refractivity contribution in [3.05, 3.63) is 89.5 Å². The van der Waals surface area contributed by atoms with Crippen molar-refractivity contribution in [2.75, 3.05) is 6.61 Å². The van der Waals surface area contributed by atoms with Gasteiger partial charge in [-0.2, -0.15) is 0 Å². The van der Waals surface area contributed by atoms with Crippen LogP contribution in [0, 0.1) is 13.8 Å². The minimum Gasteiger partial charge on any atom is -0.494 e. The molecule has 0 spiro atoms. The fourth-order valence-electron chi connectivity index (χ4n) is 3.29. The van der Waals surface area contributed by atoms with Crippen molar-refractivity contribution >= 4 is 11.8 Å². The third-order valence-corrected chi connectivity index (χ3v) is 5.80. The highest BCUT2D eigenvalue weighted by Gasteiger charge is 2.16. The van der Waals surface area contributed by atoms with Crippen LogP contribution in [0.15, 0.2) is 78.0 Å². The highest BCUT2D eigenvalue weighted by molar-refractivity contribution is 7.98. The third-order valence-electron chi connectivity index (χ3n) is 4.80. The fraction of sp³-hybridized carbons (Fsp3) is 0.200. The molecule has 4 rings (SSSR count). The van der Waals surface area contributed by atoms with E-state index in [1.165, 1.54) is 16.7 Å². The molecule has 0 aliphatic rings. The van der Waals surface area contributed by atoms with E-state index in [-0.39, 0.29) is 0 Å². The van der Waals surface area contributed by atoms with Crippen LogP contribution in [-0.2, 0) is 5.75 Å². The van der Waals surface area contributed by atoms with Crippen molar-refractivity contribution in [2.24, 2.45) is 0 Å². The maximum Gasteiger partial charge on any atom is 0.196 e. The van der Waals surface area contributed by atoms with Gasteiger partial charge < -0.3 is 4.74 Å². The molecule has 152 valence electrons. The fourth-order valence-corrected chi connectivity index (χ4v) is 4.19. The van der Waals surface area contributed by atoms with E-state index >= 15 is 0 Å². The van der Waals surface area contributed by atoms with Crippen LogP contribution >= 0.6 is 11.8 Å². The second-order valence-corrected chi connectivity index (χ2v) is 8.15. The van der Waals surface area contributed by atoms with Crippen LogP contribution < -0.4 is 4.74 Å². The smallest absolute Gasteiger partial charge is 0.196 e. The number of aromatic nitrogens is 3. The van der Waals surface area contributed by atoms with E-state index in [1.807, 2.05) is 19.1 Å². The lowest BCUT2D eigenvalue weighted by Gasteiger charge is -2.12. The van der Waals surface area contributed by atoms with Gasteiger partial charge >= 0.3 is 0 Å². The van der Waals surface area contributed by atoms with E-state index in [0.29, 0.717) is 6.61 Å². The highest BCUT2D eigenvalue weighted by Crippen LogP contribution is 2.30. The summed E-state index contributed by atoms with van der Waals surface area (Å²) in [6, 6.07) is 25.1. The Hall–Kier alpha value is -3.05. The standard InChI is InChI=1S/C25H25N3OS/c1-4-29-23-14-12-22(13-15-23)28-24(21-10-8-18(2)9-11-21)26-27-25(28)30-17-20-7-5-6-19(3)16-20/h5-16H,4,17H2,1-3H3. The monoisotopic (exact) mass is 415 g/mol. The summed E-state index contributed by atoms with van der Waals surface area (Å²) in [5.41, 5.74) is 5.83. The summed E-state index contributed by atoms with van der Waals surface area (Å²) in [6.07, 6.45) is 0. The van der Waals surface area contributed by atoms with E-state index in [2.05, 4.69) is 89.3 Å². The van der Waals surface area contributed by atoms with Gasteiger partial charge in [0, 0.05) is 17.0 Å². The first-order valence-corrected chi connectivity index (χ1v) is 11.1. The molecule has 0 aliphatic carbocycles. The Kier molecular flexibility index (Phi) is 6.19. The van der Waals surface area contributed by atoms with Crippen LogP contribution in [0.5, 0.6) is 5.75 Å². The first-order chi connectivity index (χ1) is 14.6. The molecule has 30 heavy (non-hydrogen) atoms. The first-order valence-electron chi connectivity index (χ1n) is 10.1. The maximum atomic E-state index is 5.61. The van der Waals surface area contributed by atoms with Gasteiger partial charge in [0.15, 0.2) is 11.0 Å². The van der Waals surface area contributed by atoms with Gasteiger partial charge in [0.25, 0.3) is 0 Å². The van der Waals surface area contributed by atoms with Gasteiger partial charge in [0.2, 0.25) is 0 Å². The molecule has 0 amide bonds. The Labute approximate surface area is 181 Å². The summed E-state index contributed by atoms with van der Waals surface area (Å²) in [5.74, 6) is 2.54. The molecule has 0 saturated carbocycles. The second kappa shape index (κ2) is 9.18. The average molecular weight is 416 g/mol. The Morgan fingerprint density at radius 3 is 2.33 bits per heavy atom. The molecule has 1 heterocycles. The van der Waals surface area contributed by atoms with Gasteiger partial charge in [-0.1, -0.05) is 71.4 Å². The molecule has 0 saturated heterocycles. The normalized spacial score (nSPS) is 10.9. The predicted molar refractivity (Wildman–Crippen MR) is 123 cm³/mol. The number of ether oxygens (including phenoxy) is 1. The zero-order chi connectivity index (χ0) is 20.9. The largest absolute Gasteiger partial charge is 0.494 e. The second-order valence-electron chi connectivity index (χ2n) is 7.21. The van der Waals surface area contributed by atoms with Gasteiger partial charge in [-0.15, -0.1) is 10.2 Å². The molecule has 0 radical (unpaired) electrons. The molecule has 0 bridgehead atoms. The number of aryl methyl sites for hydroxylation is 2. The van der Waals surface area contributed by atoms with Gasteiger partial charge in [-0.05, 0) is 50.6 Å². The molecule has 5 heteroatoms. The number of thioether (sulfide) groups is 1. The van der Waals surface area contributed by atoms with E-state index in [0.717, 1.165) is 33.7 Å². The maximum absolute atomic E-state index is 5.61. The Balaban J connectivity index is 1.71. The van der Waals surface area contributed by atoms with Crippen molar-refractivity contribution < 1.29 is 4.74 Å². The van der Waals surface area contributed by atoms with Crippen LogP contribution in [0.25, 0.3) is 17.1 Å². The lowest BCUT2D eigenvalue weighted by molar-refractivity contribution is 0.340. The lowest BCUT2D eigenvalue weighted by Crippen LogP contribution is -2.00. The minimum absolute atomic E-state index is 0.651. The number of hydrogen-bond acceptors (Lipinski definition) is 4. The summed E-state index contributed by atoms with van der Waals surface area (Å²) >= 11 is 1.69. The van der Waals surface area contributed by atoms with E-state index < -0.39 is 0 Å². The summed E-state index contributed by atoms with van der Waals surface area (Å²) in [6.45, 7) is 6.84. The Morgan fingerprint density at radius 1 is 0.867 bits per heavy atom. The first kappa shape index (κ1) is 20.2. The quantitative estimate of drug-likeness (QED) is 0.335. The van der Waals surface area contributed by atoms with Crippen LogP contribution in [-0.4, -0.2) is 21.4 Å². The van der Waals surface area contributed by atoms with Crippen molar-refractivity contribution in [3.63, 3.8) is 0 Å². The van der Waals surface area contributed by atoms with Crippen molar-refractivity contribution in [1.82, 2.24) is 14.8 Å². The summed E-state index contributed by atoms with van der Waals surface area (Å²) < 4.78 is 7.73. The minimum atomic E-state index is 0.651. The molecule has 0 N–H and O–H groups in total. The van der Waals surface area contributed by atoms with Gasteiger partial charge in [0.05, 0.1) is 6.61 Å². The molecule has 0 unspecified atom stereocenters. The highest BCUT2D eigenvalue weighted by atomic mass is 32.2. The Bertz CT molecular complexity index is 1120. The number of rotatable bonds is 7. The van der Waals surface area contributed by atoms with E-state index in [9.17, 15) is 0 Å². The molecule has 0 fully saturated rings. The van der Waals surface area contributed by atoms with E-state index in [1.54, 1.807) is 11.8 Å². The van der Waals surface area contributed by atoms with Crippen LogP contribution in [0.4, 0.5) is 0 Å². The van der Waals surface area contributed by atoms with Crippen molar-refractivity contribution in [3.8, 4) is 22.8 Å². The number of hydrogen-bond donors (Lipinski definition) is 0. The number of nitrogens with zero attached hydrogens (tertiary/aromatic N) is 3. The molecular weight excluding hydrogens is 390 g/mol. The molecule has 4 nitrogen and oxygen atoms in total. The zero-order valence-electron chi connectivity index (χ0n) is 17.5. The average Bonchev–Trinajstić information content (AvgIpc) is 3.18. The van der Waals surface area contributed by atoms with Crippen molar-refractivity contribution in [2.45, 2.75) is 31.7 Å². The summed E-state index contributed by atoms with van der Waals surface area (Å²) in [4.78, 5) is 0. The van der Waals surface area contributed by atoms with E-state index in [4.69, 9.17) is 4.74 Å². The summed E-state index contributed by atoms with van der Waals surface area (Å²) in [5, 5.41) is 9.95. The predicted octanol–water partition coefficient (Wildman–Crippen LogP) is 6.24. The molecule has 1 aromatic heterocycles. The molecule has 4 aromatic rings. The molecule has 0 atom stereocenters. The van der Waals surface area contributed by atoms with Crippen LogP contribution in [0.2, 0.25) is 0 Å². The van der Waals surface area contributed by atoms with Gasteiger partial charge in [0.1, 0.15) is 5.75 Å². The van der Waals surface area contributed by atoms with Crippen LogP contribution in [0.1, 0.15) is 23.6 Å². The lowest BCUT2D eigenvalue weighted by atomic mass is 10.1. The third kappa shape index (κ3) is 4.57. The molecule has 3 aromatic carbocycles. The SMILES string of the molecule is CCOc1ccc(-n2c(SCc3cccc(C)c3)nnc2-c2ccc(C)cc2)cc1. The van der Waals surface area contributed by atoms with Crippen LogP contribution in [0.3, 0.4) is 0 Å². The topological polar surface area (TPSA) is 39.9 Å².